The van der Waals surface area contributed by atoms with Crippen molar-refractivity contribution in [2.24, 2.45) is 22.2 Å². The molecule has 188 valence electrons. The summed E-state index contributed by atoms with van der Waals surface area (Å²) in [5, 5.41) is 35.3. The summed E-state index contributed by atoms with van der Waals surface area (Å²) >= 11 is 0. The van der Waals surface area contributed by atoms with Crippen LogP contribution in [0.25, 0.3) is 0 Å². The number of nitrogens with two attached hydrogens (primary N) is 3. The highest BCUT2D eigenvalue weighted by atomic mass is 16.4. The molecule has 3 atom stereocenters. The third-order valence-corrected chi connectivity index (χ3v) is 4.59. The minimum absolute atomic E-state index is 0.00313. The number of carboxylic acids is 1. The summed E-state index contributed by atoms with van der Waals surface area (Å²) in [6, 6.07) is 1.87. The number of hydrogen-bond donors (Lipinski definition) is 9. The molecule has 12 N–H and O–H groups in total. The number of carbonyl (C=O) groups excluding carboxylic acids is 3. The van der Waals surface area contributed by atoms with Gasteiger partial charge in [0.15, 0.2) is 5.96 Å². The molecular formula is C20H31N7O7. The zero-order valence-corrected chi connectivity index (χ0v) is 18.4. The van der Waals surface area contributed by atoms with Crippen LogP contribution in [0.15, 0.2) is 29.3 Å². The molecule has 0 aliphatic rings. The Kier molecular flexibility index (Phi) is 11.8. The molecule has 0 radical (unpaired) electrons. The van der Waals surface area contributed by atoms with Crippen molar-refractivity contribution in [2.45, 2.75) is 37.4 Å². The molecule has 0 aliphatic carbocycles. The Bertz CT molecular complexity index is 873. The van der Waals surface area contributed by atoms with Gasteiger partial charge in [-0.15, -0.1) is 0 Å². The van der Waals surface area contributed by atoms with E-state index < -0.39 is 55.0 Å². The van der Waals surface area contributed by atoms with Gasteiger partial charge in [0.2, 0.25) is 17.7 Å². The van der Waals surface area contributed by atoms with Gasteiger partial charge in [-0.3, -0.25) is 19.4 Å². The molecule has 0 saturated heterocycles. The number of phenolic OH excluding ortho intramolecular Hbond substituents is 1. The molecule has 0 bridgehead atoms. The number of aromatic hydroxyl groups is 1. The smallest absolute Gasteiger partial charge is 0.326 e. The summed E-state index contributed by atoms with van der Waals surface area (Å²) < 4.78 is 0. The number of guanidine groups is 1. The Morgan fingerprint density at radius 2 is 1.53 bits per heavy atom. The molecule has 0 fully saturated rings. The van der Waals surface area contributed by atoms with Crippen LogP contribution in [0.2, 0.25) is 0 Å². The van der Waals surface area contributed by atoms with Gasteiger partial charge in [0, 0.05) is 13.0 Å². The third kappa shape index (κ3) is 10.1. The van der Waals surface area contributed by atoms with Gasteiger partial charge >= 0.3 is 5.97 Å². The fourth-order valence-electron chi connectivity index (χ4n) is 2.83. The number of carboxylic acid groups (broad SMARTS) is 1. The number of aliphatic hydroxyl groups is 1. The minimum Gasteiger partial charge on any atom is -0.508 e. The molecule has 3 amide bonds. The summed E-state index contributed by atoms with van der Waals surface area (Å²) in [6.07, 6.45) is 0.204. The number of carbonyl (C=O) groups is 4. The Hall–Kier alpha value is -3.91. The van der Waals surface area contributed by atoms with Gasteiger partial charge in [-0.2, -0.15) is 0 Å². The van der Waals surface area contributed by atoms with Crippen LogP contribution in [0.3, 0.4) is 0 Å². The monoisotopic (exact) mass is 481 g/mol. The van der Waals surface area contributed by atoms with Gasteiger partial charge in [0.1, 0.15) is 23.9 Å². The van der Waals surface area contributed by atoms with Gasteiger partial charge in [0.05, 0.1) is 13.2 Å². The second-order valence-electron chi connectivity index (χ2n) is 7.29. The molecule has 34 heavy (non-hydrogen) atoms. The molecule has 0 saturated carbocycles. The summed E-state index contributed by atoms with van der Waals surface area (Å²) in [5.74, 6) is -3.82. The zero-order valence-electron chi connectivity index (χ0n) is 18.4. The average molecular weight is 482 g/mol. The Morgan fingerprint density at radius 3 is 2.06 bits per heavy atom. The lowest BCUT2D eigenvalue weighted by Crippen LogP contribution is -2.57. The summed E-state index contributed by atoms with van der Waals surface area (Å²) in [4.78, 5) is 52.3. The van der Waals surface area contributed by atoms with Gasteiger partial charge in [-0.25, -0.2) is 4.79 Å². The number of nitrogens with one attached hydrogen (secondary N) is 3. The summed E-state index contributed by atoms with van der Waals surface area (Å²) in [7, 11) is 0. The fourth-order valence-corrected chi connectivity index (χ4v) is 2.83. The van der Waals surface area contributed by atoms with Gasteiger partial charge in [-0.05, 0) is 30.5 Å². The molecule has 14 nitrogen and oxygen atoms in total. The van der Waals surface area contributed by atoms with Crippen LogP contribution >= 0.6 is 0 Å². The van der Waals surface area contributed by atoms with E-state index in [0.717, 1.165) is 0 Å². The SMILES string of the molecule is NCC(=O)NC(CO)C(=O)NC(CCCN=C(N)N)C(=O)NC(Cc1ccc(O)cc1)C(=O)O. The number of aliphatic carboxylic acids is 1. The van der Waals surface area contributed by atoms with E-state index in [1.54, 1.807) is 0 Å². The van der Waals surface area contributed by atoms with E-state index in [1.165, 1.54) is 24.3 Å². The van der Waals surface area contributed by atoms with Crippen molar-refractivity contribution in [3.8, 4) is 5.75 Å². The second kappa shape index (κ2) is 14.3. The van der Waals surface area contributed by atoms with Crippen molar-refractivity contribution >= 4 is 29.7 Å². The van der Waals surface area contributed by atoms with Crippen LogP contribution in [0, 0.1) is 0 Å². The van der Waals surface area contributed by atoms with E-state index in [-0.39, 0.29) is 37.5 Å². The Morgan fingerprint density at radius 1 is 0.941 bits per heavy atom. The Labute approximate surface area is 195 Å². The van der Waals surface area contributed by atoms with E-state index in [0.29, 0.717) is 5.56 Å². The number of aliphatic hydroxyl groups excluding tert-OH is 1. The van der Waals surface area contributed by atoms with Gasteiger partial charge in [-0.1, -0.05) is 12.1 Å². The number of benzene rings is 1. The van der Waals surface area contributed by atoms with Crippen molar-refractivity contribution in [1.82, 2.24) is 16.0 Å². The molecule has 1 aromatic rings. The minimum atomic E-state index is -1.36. The molecule has 0 heterocycles. The molecule has 3 unspecified atom stereocenters. The molecule has 1 rings (SSSR count). The lowest BCUT2D eigenvalue weighted by atomic mass is 10.0. The van der Waals surface area contributed by atoms with Crippen molar-refractivity contribution in [3.05, 3.63) is 29.8 Å². The highest BCUT2D eigenvalue weighted by Gasteiger charge is 2.29. The lowest BCUT2D eigenvalue weighted by molar-refractivity contribution is -0.142. The first-order valence-electron chi connectivity index (χ1n) is 10.3. The second-order valence-corrected chi connectivity index (χ2v) is 7.29. The van der Waals surface area contributed by atoms with E-state index in [1.807, 2.05) is 0 Å². The van der Waals surface area contributed by atoms with E-state index in [9.17, 15) is 34.5 Å². The van der Waals surface area contributed by atoms with Crippen LogP contribution in [-0.4, -0.2) is 82.8 Å². The van der Waals surface area contributed by atoms with E-state index >= 15 is 0 Å². The van der Waals surface area contributed by atoms with Crippen LogP contribution < -0.4 is 33.2 Å². The topological polar surface area (TPSA) is 255 Å². The first-order valence-corrected chi connectivity index (χ1v) is 10.3. The van der Waals surface area contributed by atoms with Crippen LogP contribution in [0.4, 0.5) is 0 Å². The van der Waals surface area contributed by atoms with Crippen LogP contribution in [0.1, 0.15) is 18.4 Å². The molecule has 14 heteroatoms. The van der Waals surface area contributed by atoms with Crippen molar-refractivity contribution in [3.63, 3.8) is 0 Å². The summed E-state index contributed by atoms with van der Waals surface area (Å²) in [5.41, 5.74) is 16.3. The van der Waals surface area contributed by atoms with Crippen LogP contribution in [-0.2, 0) is 25.6 Å². The fraction of sp³-hybridized carbons (Fsp3) is 0.450. The first-order chi connectivity index (χ1) is 16.1. The predicted octanol–water partition coefficient (Wildman–Crippen LogP) is -3.52. The van der Waals surface area contributed by atoms with Crippen molar-refractivity contribution in [1.29, 1.82) is 0 Å². The van der Waals surface area contributed by atoms with Gasteiger partial charge in [0.25, 0.3) is 0 Å². The highest BCUT2D eigenvalue weighted by molar-refractivity contribution is 5.93. The molecule has 1 aromatic carbocycles. The number of hydrogen-bond acceptors (Lipinski definition) is 8. The number of aliphatic imine (C=N–C) groups is 1. The predicted molar refractivity (Wildman–Crippen MR) is 121 cm³/mol. The van der Waals surface area contributed by atoms with Gasteiger partial charge < -0.3 is 48.5 Å². The standard InChI is InChI=1S/C20H31N7O7/c21-9-16(30)25-15(10-28)18(32)26-13(2-1-7-24-20(22)23)17(31)27-14(19(33)34)8-11-3-5-12(29)6-4-11/h3-6,13-15,28-29H,1-2,7-10,21H2,(H,25,30)(H,26,32)(H,27,31)(H,33,34)(H4,22,23,24). The Balaban J connectivity index is 2.96. The first kappa shape index (κ1) is 28.1. The van der Waals surface area contributed by atoms with Crippen molar-refractivity contribution < 1.29 is 34.5 Å². The highest BCUT2D eigenvalue weighted by Crippen LogP contribution is 2.12. The zero-order chi connectivity index (χ0) is 25.7. The largest absolute Gasteiger partial charge is 0.508 e. The third-order valence-electron chi connectivity index (χ3n) is 4.59. The number of amides is 3. The number of nitrogens with zero attached hydrogens (tertiary/aromatic N) is 1. The maximum absolute atomic E-state index is 12.9. The molecule has 0 aliphatic heterocycles. The normalized spacial score (nSPS) is 13.1. The molecule has 0 spiro atoms. The maximum atomic E-state index is 12.9. The van der Waals surface area contributed by atoms with Crippen molar-refractivity contribution in [2.75, 3.05) is 19.7 Å². The summed E-state index contributed by atoms with van der Waals surface area (Å²) in [6.45, 7) is -1.02. The molecule has 0 aromatic heterocycles. The average Bonchev–Trinajstić information content (AvgIpc) is 2.79. The maximum Gasteiger partial charge on any atom is 0.326 e. The van der Waals surface area contributed by atoms with E-state index in [4.69, 9.17) is 17.2 Å². The molecular weight excluding hydrogens is 450 g/mol. The number of phenols is 1. The van der Waals surface area contributed by atoms with Crippen LogP contribution in [0.5, 0.6) is 5.75 Å². The van der Waals surface area contributed by atoms with E-state index in [2.05, 4.69) is 20.9 Å². The lowest BCUT2D eigenvalue weighted by Gasteiger charge is -2.24. The number of rotatable bonds is 14. The quantitative estimate of drug-likeness (QED) is 0.0718.